The fraction of sp³-hybridized carbons (Fsp3) is 0.435. The van der Waals surface area contributed by atoms with Crippen LogP contribution in [0.25, 0.3) is 0 Å². The Hall–Kier alpha value is -2.09. The van der Waals surface area contributed by atoms with Gasteiger partial charge >= 0.3 is 0 Å². The molecule has 1 aliphatic heterocycles. The van der Waals surface area contributed by atoms with Gasteiger partial charge in [-0.2, -0.15) is 4.31 Å². The van der Waals surface area contributed by atoms with E-state index in [0.717, 1.165) is 19.3 Å². The highest BCUT2D eigenvalue weighted by Gasteiger charge is 2.29. The van der Waals surface area contributed by atoms with Crippen LogP contribution in [0, 0.1) is 5.92 Å². The summed E-state index contributed by atoms with van der Waals surface area (Å²) in [6.45, 7) is 3.06. The lowest BCUT2D eigenvalue weighted by Gasteiger charge is -2.33. The van der Waals surface area contributed by atoms with E-state index in [1.807, 2.05) is 18.2 Å². The van der Waals surface area contributed by atoms with E-state index in [9.17, 15) is 13.2 Å². The number of methoxy groups -OCH3 is 1. The predicted octanol–water partition coefficient (Wildman–Crippen LogP) is 3.84. The van der Waals surface area contributed by atoms with Crippen LogP contribution in [0.15, 0.2) is 53.4 Å². The minimum atomic E-state index is -3.84. The number of benzene rings is 2. The monoisotopic (exact) mass is 464 g/mol. The maximum atomic E-state index is 13.0. The lowest BCUT2D eigenvalue weighted by atomic mass is 9.90. The van der Waals surface area contributed by atoms with Gasteiger partial charge in [0.2, 0.25) is 15.9 Å². The number of ether oxygens (including phenoxy) is 1. The Morgan fingerprint density at radius 2 is 1.84 bits per heavy atom. The molecule has 0 radical (unpaired) electrons. The Balaban J connectivity index is 1.60. The highest BCUT2D eigenvalue weighted by molar-refractivity contribution is 7.89. The number of likely N-dealkylation sites (N-methyl/N-ethyl adjacent to an activating group) is 1. The molecule has 0 bridgehead atoms. The average molecular weight is 465 g/mol. The van der Waals surface area contributed by atoms with E-state index in [0.29, 0.717) is 24.8 Å². The highest BCUT2D eigenvalue weighted by Crippen LogP contribution is 2.28. The molecule has 6 nitrogen and oxygen atoms in total. The number of amides is 1. The van der Waals surface area contributed by atoms with Gasteiger partial charge in [0.05, 0.1) is 23.6 Å². The first kappa shape index (κ1) is 23.6. The molecule has 168 valence electrons. The molecule has 3 rings (SSSR count). The quantitative estimate of drug-likeness (QED) is 0.595. The van der Waals surface area contributed by atoms with E-state index in [-0.39, 0.29) is 28.9 Å². The van der Waals surface area contributed by atoms with Gasteiger partial charge in [-0.1, -0.05) is 48.9 Å². The summed E-state index contributed by atoms with van der Waals surface area (Å²) in [5, 5.41) is 0.214. The number of nitrogens with zero attached hydrogens (tertiary/aromatic N) is 2. The summed E-state index contributed by atoms with van der Waals surface area (Å²) in [4.78, 5) is 14.7. The van der Waals surface area contributed by atoms with E-state index in [1.165, 1.54) is 35.2 Å². The number of carbonyl (C=O) groups excluding carboxylic acids is 1. The van der Waals surface area contributed by atoms with Crippen molar-refractivity contribution in [2.75, 3.05) is 33.3 Å². The SMILES string of the molecule is CCN(CC(=O)N1CCC(Cc2ccccc2)CC1)S(=O)(=O)c1ccc(OC)c(Cl)c1. The predicted molar refractivity (Wildman–Crippen MR) is 122 cm³/mol. The highest BCUT2D eigenvalue weighted by atomic mass is 35.5. The van der Waals surface area contributed by atoms with Crippen molar-refractivity contribution in [2.45, 2.75) is 31.1 Å². The summed E-state index contributed by atoms with van der Waals surface area (Å²) in [5.41, 5.74) is 1.31. The smallest absolute Gasteiger partial charge is 0.243 e. The first-order valence-electron chi connectivity index (χ1n) is 10.5. The largest absolute Gasteiger partial charge is 0.495 e. The summed E-state index contributed by atoms with van der Waals surface area (Å²) in [7, 11) is -2.37. The molecule has 2 aromatic carbocycles. The third kappa shape index (κ3) is 5.79. The minimum Gasteiger partial charge on any atom is -0.495 e. The molecule has 1 aliphatic rings. The Labute approximate surface area is 189 Å². The summed E-state index contributed by atoms with van der Waals surface area (Å²) < 4.78 is 32.4. The number of piperidine rings is 1. The van der Waals surface area contributed by atoms with E-state index in [1.54, 1.807) is 11.8 Å². The molecule has 2 aromatic rings. The molecule has 0 spiro atoms. The fourth-order valence-corrected chi connectivity index (χ4v) is 5.66. The molecular formula is C23H29ClN2O4S. The number of halogens is 1. The molecule has 8 heteroatoms. The standard InChI is InChI=1S/C23H29ClN2O4S/c1-3-26(31(28,29)20-9-10-22(30-2)21(24)16-20)17-23(27)25-13-11-19(12-14-25)15-18-7-5-4-6-8-18/h4-10,16,19H,3,11-15,17H2,1-2H3. The van der Waals surface area contributed by atoms with Crippen LogP contribution in [-0.2, 0) is 21.2 Å². The van der Waals surface area contributed by atoms with Gasteiger partial charge in [0.1, 0.15) is 5.75 Å². The van der Waals surface area contributed by atoms with Crippen LogP contribution in [0.1, 0.15) is 25.3 Å². The second-order valence-corrected chi connectivity index (χ2v) is 10.1. The van der Waals surface area contributed by atoms with E-state index < -0.39 is 10.0 Å². The van der Waals surface area contributed by atoms with Crippen molar-refractivity contribution < 1.29 is 17.9 Å². The minimum absolute atomic E-state index is 0.0505. The third-order valence-electron chi connectivity index (χ3n) is 5.76. The molecule has 1 heterocycles. The van der Waals surface area contributed by atoms with Gasteiger partial charge in [-0.15, -0.1) is 0 Å². The Kier molecular flexibility index (Phi) is 7.97. The summed E-state index contributed by atoms with van der Waals surface area (Å²) in [6.07, 6.45) is 2.86. The summed E-state index contributed by atoms with van der Waals surface area (Å²) in [5.74, 6) is 0.778. The number of likely N-dealkylation sites (tertiary alicyclic amines) is 1. The van der Waals surface area contributed by atoms with Crippen LogP contribution in [0.2, 0.25) is 5.02 Å². The van der Waals surface area contributed by atoms with Crippen LogP contribution in [-0.4, -0.2) is 56.8 Å². The average Bonchev–Trinajstić information content (AvgIpc) is 2.78. The number of sulfonamides is 1. The number of carbonyl (C=O) groups is 1. The second kappa shape index (κ2) is 10.5. The van der Waals surface area contributed by atoms with Gasteiger partial charge in [0.25, 0.3) is 0 Å². The van der Waals surface area contributed by atoms with Gasteiger partial charge < -0.3 is 9.64 Å². The first-order chi connectivity index (χ1) is 14.8. The molecule has 0 aromatic heterocycles. The molecule has 0 aliphatic carbocycles. The Morgan fingerprint density at radius 3 is 2.42 bits per heavy atom. The lowest BCUT2D eigenvalue weighted by Crippen LogP contribution is -2.45. The zero-order valence-electron chi connectivity index (χ0n) is 18.0. The van der Waals surface area contributed by atoms with Crippen molar-refractivity contribution in [1.82, 2.24) is 9.21 Å². The molecule has 1 amide bonds. The van der Waals surface area contributed by atoms with Crippen LogP contribution < -0.4 is 4.74 Å². The fourth-order valence-electron chi connectivity index (χ4n) is 3.91. The maximum absolute atomic E-state index is 13.0. The van der Waals surface area contributed by atoms with Crippen LogP contribution in [0.5, 0.6) is 5.75 Å². The van der Waals surface area contributed by atoms with Crippen LogP contribution in [0.3, 0.4) is 0 Å². The third-order valence-corrected chi connectivity index (χ3v) is 7.97. The molecule has 0 N–H and O–H groups in total. The van der Waals surface area contributed by atoms with E-state index in [4.69, 9.17) is 16.3 Å². The molecule has 0 atom stereocenters. The lowest BCUT2D eigenvalue weighted by molar-refractivity contribution is -0.132. The summed E-state index contributed by atoms with van der Waals surface area (Å²) >= 11 is 6.10. The second-order valence-electron chi connectivity index (χ2n) is 7.74. The summed E-state index contributed by atoms with van der Waals surface area (Å²) in [6, 6.07) is 14.7. The van der Waals surface area contributed by atoms with Gasteiger partial charge in [-0.05, 0) is 48.9 Å². The Morgan fingerprint density at radius 1 is 1.16 bits per heavy atom. The normalized spacial score (nSPS) is 15.3. The number of rotatable bonds is 8. The zero-order chi connectivity index (χ0) is 22.4. The molecule has 1 fully saturated rings. The molecular weight excluding hydrogens is 436 g/mol. The van der Waals surface area contributed by atoms with Crippen LogP contribution >= 0.6 is 11.6 Å². The van der Waals surface area contributed by atoms with Crippen molar-refractivity contribution in [3.8, 4) is 5.75 Å². The number of hydrogen-bond acceptors (Lipinski definition) is 4. The van der Waals surface area contributed by atoms with Gasteiger partial charge in [0, 0.05) is 19.6 Å². The van der Waals surface area contributed by atoms with Gasteiger partial charge in [-0.25, -0.2) is 8.42 Å². The van der Waals surface area contributed by atoms with Gasteiger partial charge in [0.15, 0.2) is 0 Å². The molecule has 0 unspecified atom stereocenters. The van der Waals surface area contributed by atoms with Crippen molar-refractivity contribution in [1.29, 1.82) is 0 Å². The Bertz CT molecular complexity index is 990. The zero-order valence-corrected chi connectivity index (χ0v) is 19.5. The first-order valence-corrected chi connectivity index (χ1v) is 12.3. The van der Waals surface area contributed by atoms with Crippen molar-refractivity contribution in [3.05, 3.63) is 59.1 Å². The van der Waals surface area contributed by atoms with E-state index >= 15 is 0 Å². The molecule has 31 heavy (non-hydrogen) atoms. The van der Waals surface area contributed by atoms with Crippen molar-refractivity contribution in [3.63, 3.8) is 0 Å². The van der Waals surface area contributed by atoms with E-state index in [2.05, 4.69) is 12.1 Å². The topological polar surface area (TPSA) is 66.9 Å². The van der Waals surface area contributed by atoms with Crippen LogP contribution in [0.4, 0.5) is 0 Å². The van der Waals surface area contributed by atoms with Gasteiger partial charge in [-0.3, -0.25) is 4.79 Å². The maximum Gasteiger partial charge on any atom is 0.243 e. The van der Waals surface area contributed by atoms with Crippen molar-refractivity contribution >= 4 is 27.5 Å². The number of hydrogen-bond donors (Lipinski definition) is 0. The molecule has 0 saturated carbocycles. The molecule has 1 saturated heterocycles. The van der Waals surface area contributed by atoms with Crippen molar-refractivity contribution in [2.24, 2.45) is 5.92 Å².